The molecule has 0 aliphatic rings. The van der Waals surface area contributed by atoms with E-state index in [0.29, 0.717) is 15.9 Å². The number of nitrogens with one attached hydrogen (secondary N) is 1. The monoisotopic (exact) mass is 351 g/mol. The number of aromatic carboxylic acids is 1. The van der Waals surface area contributed by atoms with Gasteiger partial charge in [-0.15, -0.1) is 0 Å². The van der Waals surface area contributed by atoms with Crippen molar-refractivity contribution in [3.05, 3.63) is 45.7 Å². The standard InChI is InChI=1S/C14H14BrN3O3/c1-3-10-7-12(18(2)17-10)13(19)16-11-5-8(14(20)21)4-9(15)6-11/h4-7H,3H2,1-2H3,(H,16,19)(H,20,21). The van der Waals surface area contributed by atoms with E-state index in [9.17, 15) is 9.59 Å². The summed E-state index contributed by atoms with van der Waals surface area (Å²) in [7, 11) is 1.69. The molecule has 1 aromatic heterocycles. The van der Waals surface area contributed by atoms with Gasteiger partial charge in [-0.05, 0) is 30.7 Å². The van der Waals surface area contributed by atoms with Crippen molar-refractivity contribution in [3.63, 3.8) is 0 Å². The number of carbonyl (C=O) groups is 2. The summed E-state index contributed by atoms with van der Waals surface area (Å²) in [6.45, 7) is 1.96. The summed E-state index contributed by atoms with van der Waals surface area (Å²) in [5.41, 5.74) is 1.75. The van der Waals surface area contributed by atoms with Gasteiger partial charge < -0.3 is 10.4 Å². The fraction of sp³-hybridized carbons (Fsp3) is 0.214. The highest BCUT2D eigenvalue weighted by atomic mass is 79.9. The predicted molar refractivity (Wildman–Crippen MR) is 81.6 cm³/mol. The number of carboxylic acids is 1. The maximum atomic E-state index is 12.2. The van der Waals surface area contributed by atoms with Crippen molar-refractivity contribution in [1.29, 1.82) is 0 Å². The minimum absolute atomic E-state index is 0.0962. The molecular formula is C14H14BrN3O3. The van der Waals surface area contributed by atoms with Crippen LogP contribution in [0.3, 0.4) is 0 Å². The van der Waals surface area contributed by atoms with Crippen LogP contribution in [0.25, 0.3) is 0 Å². The lowest BCUT2D eigenvalue weighted by Gasteiger charge is -2.07. The Balaban J connectivity index is 2.26. The van der Waals surface area contributed by atoms with Gasteiger partial charge in [0.25, 0.3) is 5.91 Å². The van der Waals surface area contributed by atoms with Crippen molar-refractivity contribution in [1.82, 2.24) is 9.78 Å². The number of amides is 1. The fourth-order valence-corrected chi connectivity index (χ4v) is 2.39. The number of nitrogens with zero attached hydrogens (tertiary/aromatic N) is 2. The molecule has 0 fully saturated rings. The second-order valence-corrected chi connectivity index (χ2v) is 5.40. The first-order chi connectivity index (χ1) is 9.90. The van der Waals surface area contributed by atoms with Gasteiger partial charge in [0.2, 0.25) is 0 Å². The molecule has 7 heteroatoms. The summed E-state index contributed by atoms with van der Waals surface area (Å²) in [6, 6.07) is 6.23. The van der Waals surface area contributed by atoms with E-state index in [1.165, 1.54) is 16.8 Å². The van der Waals surface area contributed by atoms with Gasteiger partial charge in [-0.25, -0.2) is 4.79 Å². The van der Waals surface area contributed by atoms with E-state index in [1.54, 1.807) is 19.2 Å². The van der Waals surface area contributed by atoms with E-state index in [0.717, 1.165) is 12.1 Å². The molecule has 0 aliphatic heterocycles. The fourth-order valence-electron chi connectivity index (χ4n) is 1.89. The summed E-state index contributed by atoms with van der Waals surface area (Å²) >= 11 is 3.23. The summed E-state index contributed by atoms with van der Waals surface area (Å²) in [5, 5.41) is 15.9. The zero-order valence-electron chi connectivity index (χ0n) is 11.6. The molecule has 0 unspecified atom stereocenters. The van der Waals surface area contributed by atoms with Crippen LogP contribution in [0.2, 0.25) is 0 Å². The van der Waals surface area contributed by atoms with E-state index in [2.05, 4.69) is 26.3 Å². The van der Waals surface area contributed by atoms with Crippen molar-refractivity contribution in [2.45, 2.75) is 13.3 Å². The number of hydrogen-bond donors (Lipinski definition) is 2. The Hall–Kier alpha value is -2.15. The van der Waals surface area contributed by atoms with E-state index < -0.39 is 5.97 Å². The quantitative estimate of drug-likeness (QED) is 0.886. The Labute approximate surface area is 129 Å². The van der Waals surface area contributed by atoms with Gasteiger partial charge in [-0.1, -0.05) is 22.9 Å². The molecule has 1 heterocycles. The Morgan fingerprint density at radius 1 is 1.33 bits per heavy atom. The Bertz CT molecular complexity index is 709. The van der Waals surface area contributed by atoms with Crippen molar-refractivity contribution in [2.24, 2.45) is 7.05 Å². The minimum atomic E-state index is -1.05. The molecule has 0 saturated heterocycles. The average molecular weight is 352 g/mol. The summed E-state index contributed by atoms with van der Waals surface area (Å²) in [6.07, 6.45) is 0.737. The van der Waals surface area contributed by atoms with Crippen molar-refractivity contribution < 1.29 is 14.7 Å². The van der Waals surface area contributed by atoms with E-state index in [-0.39, 0.29) is 11.5 Å². The topological polar surface area (TPSA) is 84.2 Å². The molecular weight excluding hydrogens is 338 g/mol. The van der Waals surface area contributed by atoms with E-state index in [4.69, 9.17) is 5.11 Å². The van der Waals surface area contributed by atoms with Crippen LogP contribution in [-0.2, 0) is 13.5 Å². The first kappa shape index (κ1) is 15.2. The maximum Gasteiger partial charge on any atom is 0.335 e. The van der Waals surface area contributed by atoms with Gasteiger partial charge in [0.05, 0.1) is 11.3 Å². The van der Waals surface area contributed by atoms with Gasteiger partial charge >= 0.3 is 5.97 Å². The second-order valence-electron chi connectivity index (χ2n) is 4.49. The molecule has 0 spiro atoms. The molecule has 0 saturated carbocycles. The van der Waals surface area contributed by atoms with Crippen LogP contribution in [0, 0.1) is 0 Å². The van der Waals surface area contributed by atoms with Crippen LogP contribution in [0.4, 0.5) is 5.69 Å². The molecule has 2 aromatic rings. The summed E-state index contributed by atoms with van der Waals surface area (Å²) < 4.78 is 2.08. The lowest BCUT2D eigenvalue weighted by Crippen LogP contribution is -2.16. The zero-order chi connectivity index (χ0) is 15.6. The molecule has 21 heavy (non-hydrogen) atoms. The molecule has 0 bridgehead atoms. The second kappa shape index (κ2) is 6.09. The van der Waals surface area contributed by atoms with Crippen molar-refractivity contribution in [3.8, 4) is 0 Å². The number of rotatable bonds is 4. The molecule has 2 rings (SSSR count). The number of anilines is 1. The normalized spacial score (nSPS) is 10.4. The number of carbonyl (C=O) groups excluding carboxylic acids is 1. The third kappa shape index (κ3) is 3.49. The molecule has 6 nitrogen and oxygen atoms in total. The SMILES string of the molecule is CCc1cc(C(=O)Nc2cc(Br)cc(C(=O)O)c2)n(C)n1. The van der Waals surface area contributed by atoms with Crippen LogP contribution in [0.1, 0.15) is 33.5 Å². The molecule has 0 aliphatic carbocycles. The van der Waals surface area contributed by atoms with Gasteiger partial charge in [-0.3, -0.25) is 9.48 Å². The molecule has 2 N–H and O–H groups in total. The number of hydrogen-bond acceptors (Lipinski definition) is 3. The Kier molecular flexibility index (Phi) is 4.42. The van der Waals surface area contributed by atoms with Crippen LogP contribution in [0.15, 0.2) is 28.7 Å². The van der Waals surface area contributed by atoms with Crippen LogP contribution in [0.5, 0.6) is 0 Å². The van der Waals surface area contributed by atoms with Crippen LogP contribution in [-0.4, -0.2) is 26.8 Å². The lowest BCUT2D eigenvalue weighted by molar-refractivity contribution is 0.0696. The predicted octanol–water partition coefficient (Wildman–Crippen LogP) is 2.70. The molecule has 1 amide bonds. The minimum Gasteiger partial charge on any atom is -0.478 e. The highest BCUT2D eigenvalue weighted by molar-refractivity contribution is 9.10. The van der Waals surface area contributed by atoms with Gasteiger partial charge in [0.15, 0.2) is 0 Å². The molecule has 110 valence electrons. The number of aryl methyl sites for hydroxylation is 2. The molecule has 1 aromatic carbocycles. The van der Waals surface area contributed by atoms with Crippen molar-refractivity contribution >= 4 is 33.5 Å². The third-order valence-electron chi connectivity index (χ3n) is 2.93. The van der Waals surface area contributed by atoms with Crippen molar-refractivity contribution in [2.75, 3.05) is 5.32 Å². The summed E-state index contributed by atoms with van der Waals surface area (Å²) in [5.74, 6) is -1.39. The molecule has 0 atom stereocenters. The lowest BCUT2D eigenvalue weighted by atomic mass is 10.2. The maximum absolute atomic E-state index is 12.2. The van der Waals surface area contributed by atoms with E-state index >= 15 is 0 Å². The number of carboxylic acid groups (broad SMARTS) is 1. The van der Waals surface area contributed by atoms with Crippen LogP contribution >= 0.6 is 15.9 Å². The first-order valence-electron chi connectivity index (χ1n) is 6.29. The highest BCUT2D eigenvalue weighted by Gasteiger charge is 2.14. The zero-order valence-corrected chi connectivity index (χ0v) is 13.1. The van der Waals surface area contributed by atoms with Gasteiger partial charge in [0.1, 0.15) is 5.69 Å². The number of aromatic nitrogens is 2. The Morgan fingerprint density at radius 2 is 2.05 bits per heavy atom. The number of halogens is 1. The van der Waals surface area contributed by atoms with Crippen LogP contribution < -0.4 is 5.32 Å². The first-order valence-corrected chi connectivity index (χ1v) is 7.08. The van der Waals surface area contributed by atoms with Gasteiger partial charge in [-0.2, -0.15) is 5.10 Å². The molecule has 0 radical (unpaired) electrons. The average Bonchev–Trinajstić information content (AvgIpc) is 2.79. The smallest absolute Gasteiger partial charge is 0.335 e. The number of benzene rings is 1. The third-order valence-corrected chi connectivity index (χ3v) is 3.39. The largest absolute Gasteiger partial charge is 0.478 e. The highest BCUT2D eigenvalue weighted by Crippen LogP contribution is 2.20. The van der Waals surface area contributed by atoms with E-state index in [1.807, 2.05) is 6.92 Å². The van der Waals surface area contributed by atoms with Gasteiger partial charge in [0, 0.05) is 17.2 Å². The summed E-state index contributed by atoms with van der Waals surface area (Å²) in [4.78, 5) is 23.2. The Morgan fingerprint density at radius 3 is 2.62 bits per heavy atom.